The highest BCUT2D eigenvalue weighted by Crippen LogP contribution is 2.21. The van der Waals surface area contributed by atoms with Crippen molar-refractivity contribution in [2.45, 2.75) is 13.5 Å². The topological polar surface area (TPSA) is 72.4 Å². The average Bonchev–Trinajstić information content (AvgIpc) is 3.28. The fourth-order valence-corrected chi connectivity index (χ4v) is 2.69. The van der Waals surface area contributed by atoms with E-state index in [0.717, 1.165) is 16.5 Å². The van der Waals surface area contributed by atoms with Gasteiger partial charge in [-0.2, -0.15) is 4.98 Å². The zero-order valence-corrected chi connectivity index (χ0v) is 14.5. The fourth-order valence-electron chi connectivity index (χ4n) is 2.69. The van der Waals surface area contributed by atoms with E-state index in [2.05, 4.69) is 10.1 Å². The number of hydrogen-bond acceptors (Lipinski definition) is 5. The van der Waals surface area contributed by atoms with Crippen molar-refractivity contribution in [1.82, 2.24) is 15.0 Å². The Morgan fingerprint density at radius 1 is 1.12 bits per heavy atom. The van der Waals surface area contributed by atoms with Crippen LogP contribution in [0, 0.1) is 6.92 Å². The Morgan fingerprint density at radius 2 is 1.88 bits per heavy atom. The maximum Gasteiger partial charge on any atom is 0.289 e. The van der Waals surface area contributed by atoms with Gasteiger partial charge in [-0.1, -0.05) is 53.2 Å². The second kappa shape index (κ2) is 6.48. The van der Waals surface area contributed by atoms with Crippen LogP contribution in [0.4, 0.5) is 0 Å². The molecule has 0 fully saturated rings. The standard InChI is InChI=1S/C20H17N3O3/c1-13-7-9-14(10-8-13)19-21-18(26-22-19)12-23(2)20(24)17-11-15-5-3-4-6-16(15)25-17/h3-11H,12H2,1-2H3. The maximum absolute atomic E-state index is 12.6. The van der Waals surface area contributed by atoms with Gasteiger partial charge in [0.05, 0.1) is 0 Å². The van der Waals surface area contributed by atoms with Crippen LogP contribution in [0.1, 0.15) is 22.0 Å². The summed E-state index contributed by atoms with van der Waals surface area (Å²) in [6, 6.07) is 17.1. The Bertz CT molecular complexity index is 1030. The lowest BCUT2D eigenvalue weighted by Crippen LogP contribution is -2.25. The molecule has 0 N–H and O–H groups in total. The Kier molecular flexibility index (Phi) is 4.01. The van der Waals surface area contributed by atoms with Crippen molar-refractivity contribution in [3.05, 3.63) is 71.8 Å². The predicted octanol–water partition coefficient (Wildman–Crippen LogP) is 4.06. The monoisotopic (exact) mass is 347 g/mol. The molecule has 0 saturated carbocycles. The van der Waals surface area contributed by atoms with Crippen molar-refractivity contribution in [2.24, 2.45) is 0 Å². The van der Waals surface area contributed by atoms with E-state index in [0.29, 0.717) is 17.3 Å². The molecule has 0 atom stereocenters. The molecular formula is C20H17N3O3. The number of carbonyl (C=O) groups is 1. The number of hydrogen-bond donors (Lipinski definition) is 0. The van der Waals surface area contributed by atoms with Gasteiger partial charge in [0.2, 0.25) is 11.7 Å². The third kappa shape index (κ3) is 3.09. The van der Waals surface area contributed by atoms with Crippen LogP contribution in [-0.4, -0.2) is 28.0 Å². The summed E-state index contributed by atoms with van der Waals surface area (Å²) in [5.74, 6) is 0.917. The number of aryl methyl sites for hydroxylation is 1. The van der Waals surface area contributed by atoms with Gasteiger partial charge in [0.1, 0.15) is 12.1 Å². The van der Waals surface area contributed by atoms with E-state index >= 15 is 0 Å². The predicted molar refractivity (Wildman–Crippen MR) is 96.5 cm³/mol. The van der Waals surface area contributed by atoms with E-state index in [4.69, 9.17) is 8.94 Å². The second-order valence-electron chi connectivity index (χ2n) is 6.19. The van der Waals surface area contributed by atoms with Crippen molar-refractivity contribution in [3.8, 4) is 11.4 Å². The molecule has 2 aromatic carbocycles. The Balaban J connectivity index is 1.50. The van der Waals surface area contributed by atoms with Crippen LogP contribution in [0.2, 0.25) is 0 Å². The summed E-state index contributed by atoms with van der Waals surface area (Å²) in [5, 5.41) is 4.88. The molecule has 2 aromatic heterocycles. The van der Waals surface area contributed by atoms with Crippen LogP contribution in [0.15, 0.2) is 63.5 Å². The molecule has 0 aliphatic rings. The first-order chi connectivity index (χ1) is 12.6. The molecule has 6 heteroatoms. The molecule has 0 radical (unpaired) electrons. The zero-order chi connectivity index (χ0) is 18.1. The molecule has 0 spiro atoms. The summed E-state index contributed by atoms with van der Waals surface area (Å²) in [7, 11) is 1.67. The fraction of sp³-hybridized carbons (Fsp3) is 0.150. The lowest BCUT2D eigenvalue weighted by molar-refractivity contribution is 0.0740. The maximum atomic E-state index is 12.6. The molecule has 0 saturated heterocycles. The second-order valence-corrected chi connectivity index (χ2v) is 6.19. The molecule has 1 amide bonds. The highest BCUT2D eigenvalue weighted by Gasteiger charge is 2.19. The molecule has 0 aliphatic heterocycles. The van der Waals surface area contributed by atoms with Crippen molar-refractivity contribution >= 4 is 16.9 Å². The van der Waals surface area contributed by atoms with Crippen LogP contribution in [0.3, 0.4) is 0 Å². The third-order valence-corrected chi connectivity index (χ3v) is 4.13. The largest absolute Gasteiger partial charge is 0.451 e. The molecule has 0 aliphatic carbocycles. The quantitative estimate of drug-likeness (QED) is 0.556. The third-order valence-electron chi connectivity index (χ3n) is 4.13. The lowest BCUT2D eigenvalue weighted by atomic mass is 10.1. The first-order valence-electron chi connectivity index (χ1n) is 8.24. The number of rotatable bonds is 4. The van der Waals surface area contributed by atoms with Gasteiger partial charge < -0.3 is 13.8 Å². The van der Waals surface area contributed by atoms with E-state index in [1.807, 2.05) is 55.5 Å². The van der Waals surface area contributed by atoms with Crippen LogP contribution in [-0.2, 0) is 6.54 Å². The summed E-state index contributed by atoms with van der Waals surface area (Å²) < 4.78 is 10.9. The summed E-state index contributed by atoms with van der Waals surface area (Å²) in [6.45, 7) is 2.22. The van der Waals surface area contributed by atoms with E-state index in [9.17, 15) is 4.79 Å². The number of aromatic nitrogens is 2. The summed E-state index contributed by atoms with van der Waals surface area (Å²) in [4.78, 5) is 18.4. The van der Waals surface area contributed by atoms with Gasteiger partial charge in [-0.3, -0.25) is 4.79 Å². The average molecular weight is 347 g/mol. The van der Waals surface area contributed by atoms with E-state index in [1.54, 1.807) is 13.1 Å². The Labute approximate surface area is 150 Å². The molecule has 0 unspecified atom stereocenters. The van der Waals surface area contributed by atoms with Gasteiger partial charge in [-0.05, 0) is 19.1 Å². The van der Waals surface area contributed by atoms with Gasteiger partial charge >= 0.3 is 0 Å². The van der Waals surface area contributed by atoms with Gasteiger partial charge in [0.25, 0.3) is 5.91 Å². The number of benzene rings is 2. The van der Waals surface area contributed by atoms with Gasteiger partial charge in [0.15, 0.2) is 5.76 Å². The molecule has 130 valence electrons. The minimum absolute atomic E-state index is 0.203. The molecule has 26 heavy (non-hydrogen) atoms. The number of amides is 1. The molecular weight excluding hydrogens is 330 g/mol. The molecule has 2 heterocycles. The first kappa shape index (κ1) is 16.1. The van der Waals surface area contributed by atoms with Crippen LogP contribution >= 0.6 is 0 Å². The molecule has 4 aromatic rings. The van der Waals surface area contributed by atoms with Crippen molar-refractivity contribution in [1.29, 1.82) is 0 Å². The molecule has 6 nitrogen and oxygen atoms in total. The van der Waals surface area contributed by atoms with Crippen molar-refractivity contribution < 1.29 is 13.7 Å². The first-order valence-corrected chi connectivity index (χ1v) is 8.24. The van der Waals surface area contributed by atoms with E-state index < -0.39 is 0 Å². The number of furan rings is 1. The zero-order valence-electron chi connectivity index (χ0n) is 14.5. The van der Waals surface area contributed by atoms with E-state index in [-0.39, 0.29) is 18.2 Å². The highest BCUT2D eigenvalue weighted by atomic mass is 16.5. The van der Waals surface area contributed by atoms with Crippen LogP contribution in [0.5, 0.6) is 0 Å². The Morgan fingerprint density at radius 3 is 2.65 bits per heavy atom. The van der Waals surface area contributed by atoms with Crippen molar-refractivity contribution in [2.75, 3.05) is 7.05 Å². The highest BCUT2D eigenvalue weighted by molar-refractivity contribution is 5.95. The molecule has 0 bridgehead atoms. The number of para-hydroxylation sites is 1. The number of nitrogens with zero attached hydrogens (tertiary/aromatic N) is 3. The minimum atomic E-state index is -0.240. The van der Waals surface area contributed by atoms with Gasteiger partial charge in [-0.15, -0.1) is 0 Å². The van der Waals surface area contributed by atoms with Crippen molar-refractivity contribution in [3.63, 3.8) is 0 Å². The lowest BCUT2D eigenvalue weighted by Gasteiger charge is -2.12. The normalized spacial score (nSPS) is 11.0. The van der Waals surface area contributed by atoms with E-state index in [1.165, 1.54) is 4.90 Å². The summed E-state index contributed by atoms with van der Waals surface area (Å²) >= 11 is 0. The van der Waals surface area contributed by atoms with Crippen LogP contribution in [0.25, 0.3) is 22.4 Å². The number of fused-ring (bicyclic) bond motifs is 1. The van der Waals surface area contributed by atoms with Gasteiger partial charge in [-0.25, -0.2) is 0 Å². The smallest absolute Gasteiger partial charge is 0.289 e. The van der Waals surface area contributed by atoms with Crippen LogP contribution < -0.4 is 0 Å². The minimum Gasteiger partial charge on any atom is -0.451 e. The Hall–Kier alpha value is -3.41. The summed E-state index contributed by atoms with van der Waals surface area (Å²) in [5.41, 5.74) is 2.72. The SMILES string of the molecule is Cc1ccc(-c2noc(CN(C)C(=O)c3cc4ccccc4o3)n2)cc1. The van der Waals surface area contributed by atoms with Gasteiger partial charge in [0, 0.05) is 18.0 Å². The number of carbonyl (C=O) groups excluding carboxylic acids is 1. The molecule has 4 rings (SSSR count). The summed E-state index contributed by atoms with van der Waals surface area (Å²) in [6.07, 6.45) is 0.